The molecule has 0 aliphatic carbocycles. The molecule has 1 N–H and O–H groups in total. The van der Waals surface area contributed by atoms with Crippen molar-refractivity contribution >= 4 is 34.8 Å². The Morgan fingerprint density at radius 2 is 1.77 bits per heavy atom. The first-order chi connectivity index (χ1) is 5.70. The van der Waals surface area contributed by atoms with Crippen molar-refractivity contribution in [1.29, 1.82) is 0 Å². The molecule has 0 atom stereocenters. The molecule has 1 aromatic rings. The first kappa shape index (κ1) is 12.1. The number of hydrogen-bond acceptors (Lipinski definition) is 2. The van der Waals surface area contributed by atoms with Crippen molar-refractivity contribution < 1.29 is 17.5 Å². The van der Waals surface area contributed by atoms with Gasteiger partial charge >= 0.3 is 29.0 Å². The van der Waals surface area contributed by atoms with Gasteiger partial charge < -0.3 is 7.96 Å². The van der Waals surface area contributed by atoms with Crippen molar-refractivity contribution in [3.63, 3.8) is 0 Å². The molecule has 0 spiro atoms. The summed E-state index contributed by atoms with van der Waals surface area (Å²) in [5.41, 5.74) is 0.727. The molecular formula is C9H10MgO3. The van der Waals surface area contributed by atoms with Gasteiger partial charge in [0.15, 0.2) is 0 Å². The fourth-order valence-corrected chi connectivity index (χ4v) is 0.857. The van der Waals surface area contributed by atoms with Crippen molar-refractivity contribution in [2.24, 2.45) is 0 Å². The average molecular weight is 190 g/mol. The third-order valence-corrected chi connectivity index (χ3v) is 1.45. The summed E-state index contributed by atoms with van der Waals surface area (Å²) in [5.74, 6) is -2.15. The van der Waals surface area contributed by atoms with E-state index in [9.17, 15) is 9.59 Å². The molecular weight excluding hydrogens is 180 g/mol. The zero-order valence-electron chi connectivity index (χ0n) is 9.06. The predicted octanol–water partition coefficient (Wildman–Crippen LogP) is 0.727. The van der Waals surface area contributed by atoms with Crippen LogP contribution in [0.4, 0.5) is 0 Å². The molecule has 0 radical (unpaired) electrons. The van der Waals surface area contributed by atoms with Crippen molar-refractivity contribution in [3.05, 3.63) is 35.9 Å². The minimum absolute atomic E-state index is 0. The van der Waals surface area contributed by atoms with Crippen LogP contribution in [-0.2, 0) is 16.0 Å². The van der Waals surface area contributed by atoms with Gasteiger partial charge in [0, 0.05) is 6.42 Å². The average Bonchev–Trinajstić information content (AvgIpc) is 2.06. The maximum absolute atomic E-state index is 10.7. The predicted molar refractivity (Wildman–Crippen MR) is 50.8 cm³/mol. The van der Waals surface area contributed by atoms with Crippen molar-refractivity contribution in [3.8, 4) is 0 Å². The number of aliphatic carboxylic acids is 1. The normalized spacial score (nSPS) is 8.62. The van der Waals surface area contributed by atoms with Gasteiger partial charge in [0.25, 0.3) is 0 Å². The fraction of sp³-hybridized carbons (Fsp3) is 0.111. The van der Waals surface area contributed by atoms with Gasteiger partial charge in [-0.2, -0.15) is 0 Å². The smallest absolute Gasteiger partial charge is 1.00 e. The monoisotopic (exact) mass is 190 g/mol. The van der Waals surface area contributed by atoms with Crippen LogP contribution >= 0.6 is 0 Å². The molecule has 0 bridgehead atoms. The molecule has 0 aliphatic rings. The number of benzene rings is 1. The van der Waals surface area contributed by atoms with Gasteiger partial charge in [-0.15, -0.1) is 0 Å². The zero-order valence-corrected chi connectivity index (χ0v) is 8.48. The maximum atomic E-state index is 10.7. The van der Waals surface area contributed by atoms with Crippen LogP contribution in [0, 0.1) is 0 Å². The zero-order chi connectivity index (χ0) is 8.97. The molecule has 0 saturated heterocycles. The standard InChI is InChI=1S/C9H8O3.Mg.2H/c10-8(9(11)12)6-7-4-2-1-3-5-7;;;/h1-5H,6H2,(H,11,12);;;/q;+2;2*-1. The van der Waals surface area contributed by atoms with Crippen LogP contribution in [-0.4, -0.2) is 39.9 Å². The number of carbonyl (C=O) groups is 2. The van der Waals surface area contributed by atoms with E-state index in [4.69, 9.17) is 5.11 Å². The van der Waals surface area contributed by atoms with E-state index < -0.39 is 11.8 Å². The van der Waals surface area contributed by atoms with E-state index >= 15 is 0 Å². The number of carboxylic acids is 1. The molecule has 4 heteroatoms. The molecule has 0 aliphatic heterocycles. The molecule has 0 unspecified atom stereocenters. The fourth-order valence-electron chi connectivity index (χ4n) is 0.857. The van der Waals surface area contributed by atoms with Gasteiger partial charge in [-0.25, -0.2) is 4.79 Å². The molecule has 13 heavy (non-hydrogen) atoms. The van der Waals surface area contributed by atoms with E-state index in [1.165, 1.54) is 0 Å². The molecule has 1 rings (SSSR count). The van der Waals surface area contributed by atoms with E-state index in [-0.39, 0.29) is 32.3 Å². The van der Waals surface area contributed by atoms with Crippen LogP contribution in [0.25, 0.3) is 0 Å². The first-order valence-electron chi connectivity index (χ1n) is 3.50. The van der Waals surface area contributed by atoms with Crippen LogP contribution in [0.1, 0.15) is 8.42 Å². The summed E-state index contributed by atoms with van der Waals surface area (Å²) < 4.78 is 0. The SMILES string of the molecule is O=C(O)C(=O)Cc1ccccc1.[H-].[H-].[Mg+2]. The summed E-state index contributed by atoms with van der Waals surface area (Å²) >= 11 is 0. The molecule has 1 aromatic carbocycles. The van der Waals surface area contributed by atoms with Crippen molar-refractivity contribution in [2.75, 3.05) is 0 Å². The minimum Gasteiger partial charge on any atom is -1.00 e. The topological polar surface area (TPSA) is 54.4 Å². The first-order valence-corrected chi connectivity index (χ1v) is 3.50. The Morgan fingerprint density at radius 1 is 1.23 bits per heavy atom. The molecule has 0 heterocycles. The number of Topliss-reactive ketones (excluding diaryl/α,β-unsaturated/α-hetero) is 1. The van der Waals surface area contributed by atoms with Crippen LogP contribution < -0.4 is 0 Å². The van der Waals surface area contributed by atoms with Crippen molar-refractivity contribution in [2.45, 2.75) is 6.42 Å². The second kappa shape index (κ2) is 5.72. The van der Waals surface area contributed by atoms with Crippen LogP contribution in [0.5, 0.6) is 0 Å². The van der Waals surface area contributed by atoms with Crippen molar-refractivity contribution in [1.82, 2.24) is 0 Å². The number of ketones is 1. The number of rotatable bonds is 3. The molecule has 3 nitrogen and oxygen atoms in total. The number of carbonyl (C=O) groups excluding carboxylic acids is 1. The Hall–Kier alpha value is -0.874. The van der Waals surface area contributed by atoms with E-state index in [0.717, 1.165) is 5.56 Å². The Labute approximate surface area is 94.9 Å². The Bertz CT molecular complexity index is 303. The second-order valence-electron chi connectivity index (χ2n) is 2.39. The molecule has 0 fully saturated rings. The third kappa shape index (κ3) is 4.05. The summed E-state index contributed by atoms with van der Waals surface area (Å²) in [6.45, 7) is 0. The van der Waals surface area contributed by atoms with Gasteiger partial charge in [0.1, 0.15) is 0 Å². The number of hydrogen-bond donors (Lipinski definition) is 1. The minimum atomic E-state index is -1.38. The maximum Gasteiger partial charge on any atom is 2.00 e. The van der Waals surface area contributed by atoms with Crippen LogP contribution in [0.3, 0.4) is 0 Å². The molecule has 0 saturated carbocycles. The van der Waals surface area contributed by atoms with E-state index in [2.05, 4.69) is 0 Å². The summed E-state index contributed by atoms with van der Waals surface area (Å²) in [5, 5.41) is 8.29. The summed E-state index contributed by atoms with van der Waals surface area (Å²) in [4.78, 5) is 20.9. The summed E-state index contributed by atoms with van der Waals surface area (Å²) in [7, 11) is 0. The van der Waals surface area contributed by atoms with Crippen LogP contribution in [0.15, 0.2) is 30.3 Å². The summed E-state index contributed by atoms with van der Waals surface area (Å²) in [6, 6.07) is 8.80. The van der Waals surface area contributed by atoms with Gasteiger partial charge in [-0.05, 0) is 5.56 Å². The van der Waals surface area contributed by atoms with E-state index in [1.807, 2.05) is 6.07 Å². The Morgan fingerprint density at radius 3 is 2.23 bits per heavy atom. The van der Waals surface area contributed by atoms with Crippen LogP contribution in [0.2, 0.25) is 0 Å². The van der Waals surface area contributed by atoms with Gasteiger partial charge in [0.05, 0.1) is 0 Å². The van der Waals surface area contributed by atoms with Gasteiger partial charge in [-0.3, -0.25) is 4.79 Å². The molecule has 0 aromatic heterocycles. The Kier molecular flexibility index (Phi) is 5.33. The van der Waals surface area contributed by atoms with Gasteiger partial charge in [0.2, 0.25) is 5.78 Å². The quantitative estimate of drug-likeness (QED) is 0.565. The number of carboxylic acid groups (broad SMARTS) is 1. The third-order valence-electron chi connectivity index (χ3n) is 1.45. The second-order valence-corrected chi connectivity index (χ2v) is 2.39. The molecule has 66 valence electrons. The summed E-state index contributed by atoms with van der Waals surface area (Å²) in [6.07, 6.45) is -0.0316. The molecule has 0 amide bonds. The Balaban J connectivity index is -0.000000480. The van der Waals surface area contributed by atoms with E-state index in [1.54, 1.807) is 24.3 Å². The van der Waals surface area contributed by atoms with E-state index in [0.29, 0.717) is 0 Å². The van der Waals surface area contributed by atoms with Gasteiger partial charge in [-0.1, -0.05) is 30.3 Å². The largest absolute Gasteiger partial charge is 2.00 e.